The fourth-order valence-electron chi connectivity index (χ4n) is 2.59. The Labute approximate surface area is 122 Å². The van der Waals surface area contributed by atoms with Gasteiger partial charge in [-0.15, -0.1) is 0 Å². The van der Waals surface area contributed by atoms with Crippen LogP contribution in [0.1, 0.15) is 32.1 Å². The molecule has 2 N–H and O–H groups in total. The molecule has 1 unspecified atom stereocenters. The van der Waals surface area contributed by atoms with E-state index in [4.69, 9.17) is 5.11 Å². The maximum atomic E-state index is 13.3. The van der Waals surface area contributed by atoms with Gasteiger partial charge in [0.25, 0.3) is 0 Å². The number of carbonyl (C=O) groups is 1. The Hall–Kier alpha value is -1.95. The zero-order chi connectivity index (χ0) is 15.6. The van der Waals surface area contributed by atoms with E-state index in [1.54, 1.807) is 6.07 Å². The van der Waals surface area contributed by atoms with Gasteiger partial charge >= 0.3 is 5.97 Å². The quantitative estimate of drug-likeness (QED) is 0.859. The van der Waals surface area contributed by atoms with Gasteiger partial charge in [-0.25, -0.2) is 9.37 Å². The van der Waals surface area contributed by atoms with Crippen molar-refractivity contribution in [1.82, 2.24) is 14.9 Å². The Kier molecular flexibility index (Phi) is 4.57. The van der Waals surface area contributed by atoms with Crippen LogP contribution in [0.2, 0.25) is 0 Å². The Morgan fingerprint density at radius 1 is 1.48 bits per heavy atom. The normalized spacial score (nSPS) is 13.2. The molecule has 0 saturated carbocycles. The molecule has 1 aromatic heterocycles. The molecular weight excluding hydrogens is 273 g/mol. The van der Waals surface area contributed by atoms with Crippen molar-refractivity contribution in [2.75, 3.05) is 13.6 Å². The molecular formula is C15H20FN3O2. The lowest BCUT2D eigenvalue weighted by atomic mass is 10.0. The number of nitrogens with one attached hydrogen (secondary N) is 1. The second kappa shape index (κ2) is 6.22. The maximum absolute atomic E-state index is 13.3. The van der Waals surface area contributed by atoms with Crippen molar-refractivity contribution in [3.63, 3.8) is 0 Å². The SMILES string of the molecule is CC(C)C(c1nc2ccc(F)cc2[nH]1)N(C)CCC(=O)O. The number of hydrogen-bond donors (Lipinski definition) is 2. The maximum Gasteiger partial charge on any atom is 0.304 e. The van der Waals surface area contributed by atoms with Crippen molar-refractivity contribution in [1.29, 1.82) is 0 Å². The molecule has 1 heterocycles. The first-order valence-electron chi connectivity index (χ1n) is 6.95. The van der Waals surface area contributed by atoms with Crippen molar-refractivity contribution in [2.45, 2.75) is 26.3 Å². The average Bonchev–Trinajstić information content (AvgIpc) is 2.78. The molecule has 0 amide bonds. The summed E-state index contributed by atoms with van der Waals surface area (Å²) in [4.78, 5) is 20.3. The summed E-state index contributed by atoms with van der Waals surface area (Å²) in [6.45, 7) is 4.54. The fraction of sp³-hybridized carbons (Fsp3) is 0.467. The standard InChI is InChI=1S/C15H20FN3O2/c1-9(2)14(19(3)7-6-13(20)21)15-17-11-5-4-10(16)8-12(11)18-15/h4-5,8-9,14H,6-7H2,1-3H3,(H,17,18)(H,20,21). The Bertz CT molecular complexity index is 639. The summed E-state index contributed by atoms with van der Waals surface area (Å²) in [7, 11) is 1.88. The molecule has 1 atom stereocenters. The van der Waals surface area contributed by atoms with Crippen molar-refractivity contribution >= 4 is 17.0 Å². The molecule has 0 fully saturated rings. The van der Waals surface area contributed by atoms with Crippen molar-refractivity contribution in [3.8, 4) is 0 Å². The van der Waals surface area contributed by atoms with Gasteiger partial charge in [-0.2, -0.15) is 0 Å². The second-order valence-electron chi connectivity index (χ2n) is 5.60. The van der Waals surface area contributed by atoms with Gasteiger partial charge in [-0.1, -0.05) is 13.8 Å². The molecule has 0 aliphatic heterocycles. The highest BCUT2D eigenvalue weighted by Crippen LogP contribution is 2.27. The molecule has 0 aliphatic rings. The molecule has 0 spiro atoms. The second-order valence-corrected chi connectivity index (χ2v) is 5.60. The number of fused-ring (bicyclic) bond motifs is 1. The third kappa shape index (κ3) is 3.58. The number of benzene rings is 1. The van der Waals surface area contributed by atoms with E-state index < -0.39 is 5.97 Å². The summed E-state index contributed by atoms with van der Waals surface area (Å²) in [5.41, 5.74) is 1.37. The number of carboxylic acid groups (broad SMARTS) is 1. The van der Waals surface area contributed by atoms with E-state index in [2.05, 4.69) is 23.8 Å². The number of imidazole rings is 1. The number of aromatic nitrogens is 2. The number of H-pyrrole nitrogens is 1. The van der Waals surface area contributed by atoms with Gasteiger partial charge in [-0.3, -0.25) is 9.69 Å². The predicted molar refractivity (Wildman–Crippen MR) is 78.5 cm³/mol. The number of hydrogen-bond acceptors (Lipinski definition) is 3. The van der Waals surface area contributed by atoms with E-state index in [9.17, 15) is 9.18 Å². The lowest BCUT2D eigenvalue weighted by molar-refractivity contribution is -0.137. The third-order valence-corrected chi connectivity index (χ3v) is 3.53. The smallest absolute Gasteiger partial charge is 0.304 e. The number of nitrogens with zero attached hydrogens (tertiary/aromatic N) is 2. The van der Waals surface area contributed by atoms with E-state index in [0.717, 1.165) is 5.82 Å². The number of rotatable bonds is 6. The van der Waals surface area contributed by atoms with Crippen LogP contribution in [0.25, 0.3) is 11.0 Å². The van der Waals surface area contributed by atoms with Crippen molar-refractivity contribution < 1.29 is 14.3 Å². The highest BCUT2D eigenvalue weighted by molar-refractivity contribution is 5.75. The zero-order valence-electron chi connectivity index (χ0n) is 12.4. The monoisotopic (exact) mass is 293 g/mol. The van der Waals surface area contributed by atoms with Gasteiger partial charge in [0.05, 0.1) is 23.5 Å². The van der Waals surface area contributed by atoms with Crippen LogP contribution in [0.15, 0.2) is 18.2 Å². The summed E-state index contributed by atoms with van der Waals surface area (Å²) >= 11 is 0. The van der Waals surface area contributed by atoms with E-state index in [1.807, 2.05) is 11.9 Å². The molecule has 0 aliphatic carbocycles. The first-order chi connectivity index (χ1) is 9.88. The highest BCUT2D eigenvalue weighted by Gasteiger charge is 2.24. The van der Waals surface area contributed by atoms with Crippen molar-refractivity contribution in [3.05, 3.63) is 29.8 Å². The molecule has 0 radical (unpaired) electrons. The largest absolute Gasteiger partial charge is 0.481 e. The van der Waals surface area contributed by atoms with Crippen LogP contribution in [0.4, 0.5) is 4.39 Å². The molecule has 114 valence electrons. The Morgan fingerprint density at radius 3 is 2.81 bits per heavy atom. The fourth-order valence-corrected chi connectivity index (χ4v) is 2.59. The average molecular weight is 293 g/mol. The van der Waals surface area contributed by atoms with Crippen LogP contribution in [0, 0.1) is 11.7 Å². The number of carboxylic acids is 1. The minimum absolute atomic E-state index is 0.0418. The third-order valence-electron chi connectivity index (χ3n) is 3.53. The van der Waals surface area contributed by atoms with E-state index >= 15 is 0 Å². The van der Waals surface area contributed by atoms with Gasteiger partial charge in [-0.05, 0) is 31.2 Å². The van der Waals surface area contributed by atoms with E-state index in [0.29, 0.717) is 17.6 Å². The van der Waals surface area contributed by atoms with Crippen LogP contribution >= 0.6 is 0 Å². The highest BCUT2D eigenvalue weighted by atomic mass is 19.1. The first kappa shape index (κ1) is 15.4. The zero-order valence-corrected chi connectivity index (χ0v) is 12.4. The lowest BCUT2D eigenvalue weighted by Crippen LogP contribution is -2.31. The van der Waals surface area contributed by atoms with Gasteiger partial charge < -0.3 is 10.1 Å². The molecule has 6 heteroatoms. The van der Waals surface area contributed by atoms with Crippen LogP contribution in [0.5, 0.6) is 0 Å². The van der Waals surface area contributed by atoms with Crippen LogP contribution in [-0.2, 0) is 4.79 Å². The topological polar surface area (TPSA) is 69.2 Å². The van der Waals surface area contributed by atoms with Crippen LogP contribution in [0.3, 0.4) is 0 Å². The molecule has 0 bridgehead atoms. The molecule has 1 aromatic carbocycles. The Morgan fingerprint density at radius 2 is 2.19 bits per heavy atom. The summed E-state index contributed by atoms with van der Waals surface area (Å²) in [6, 6.07) is 4.39. The van der Waals surface area contributed by atoms with Crippen molar-refractivity contribution in [2.24, 2.45) is 5.92 Å². The summed E-state index contributed by atoms with van der Waals surface area (Å²) in [5, 5.41) is 8.81. The summed E-state index contributed by atoms with van der Waals surface area (Å²) < 4.78 is 13.3. The number of aliphatic carboxylic acids is 1. The van der Waals surface area contributed by atoms with Gasteiger partial charge in [0, 0.05) is 6.54 Å². The molecule has 5 nitrogen and oxygen atoms in total. The predicted octanol–water partition coefficient (Wildman–Crippen LogP) is 2.81. The van der Waals surface area contributed by atoms with Gasteiger partial charge in [0.15, 0.2) is 0 Å². The molecule has 2 rings (SSSR count). The minimum Gasteiger partial charge on any atom is -0.481 e. The van der Waals surface area contributed by atoms with Gasteiger partial charge in [0.2, 0.25) is 0 Å². The summed E-state index contributed by atoms with van der Waals surface area (Å²) in [5.74, 6) is -0.151. The first-order valence-corrected chi connectivity index (χ1v) is 6.95. The number of halogens is 1. The lowest BCUT2D eigenvalue weighted by Gasteiger charge is -2.29. The van der Waals surface area contributed by atoms with Gasteiger partial charge in [0.1, 0.15) is 11.6 Å². The minimum atomic E-state index is -0.823. The summed E-state index contributed by atoms with van der Waals surface area (Å²) in [6.07, 6.45) is 0.0780. The van der Waals surface area contributed by atoms with E-state index in [1.165, 1.54) is 12.1 Å². The van der Waals surface area contributed by atoms with E-state index in [-0.39, 0.29) is 24.2 Å². The molecule has 2 aromatic rings. The van der Waals surface area contributed by atoms with Crippen LogP contribution in [-0.4, -0.2) is 39.5 Å². The Balaban J connectivity index is 2.29. The number of aromatic amines is 1. The molecule has 21 heavy (non-hydrogen) atoms. The molecule has 0 saturated heterocycles. The van der Waals surface area contributed by atoms with Crippen LogP contribution < -0.4 is 0 Å².